The lowest BCUT2D eigenvalue weighted by molar-refractivity contribution is -0.890. The van der Waals surface area contributed by atoms with Crippen molar-refractivity contribution in [2.45, 2.75) is 200 Å². The average molecular weight is 539 g/mol. The van der Waals surface area contributed by atoms with Gasteiger partial charge in [0.1, 0.15) is 0 Å². The number of quaternary nitrogens is 1. The van der Waals surface area contributed by atoms with E-state index >= 15 is 0 Å². The summed E-state index contributed by atoms with van der Waals surface area (Å²) in [6.07, 6.45) is 42.6. The number of aliphatic hydroxyl groups is 1. The SMILES string of the molecule is CCCCCCCCCCCCCCCCCC[N+](C)(C)CCCCCCCCCCCCCCCCO. The predicted octanol–water partition coefficient (Wildman–Crippen LogP) is 11.8. The smallest absolute Gasteiger partial charge is 0.0782 e. The summed E-state index contributed by atoms with van der Waals surface area (Å²) in [4.78, 5) is 0. The Kier molecular flexibility index (Phi) is 31.4. The van der Waals surface area contributed by atoms with Crippen molar-refractivity contribution in [3.05, 3.63) is 0 Å². The first-order valence-electron chi connectivity index (χ1n) is 18.1. The quantitative estimate of drug-likeness (QED) is 0.0650. The molecule has 230 valence electrons. The van der Waals surface area contributed by atoms with Crippen LogP contribution in [-0.4, -0.2) is 43.4 Å². The summed E-state index contributed by atoms with van der Waals surface area (Å²) in [6, 6.07) is 0. The number of aliphatic hydroxyl groups excluding tert-OH is 1. The van der Waals surface area contributed by atoms with E-state index in [9.17, 15) is 0 Å². The van der Waals surface area contributed by atoms with Crippen LogP contribution in [0.3, 0.4) is 0 Å². The molecule has 0 unspecified atom stereocenters. The summed E-state index contributed by atoms with van der Waals surface area (Å²) in [6.45, 7) is 5.42. The maximum atomic E-state index is 8.80. The van der Waals surface area contributed by atoms with Gasteiger partial charge in [-0.2, -0.15) is 0 Å². The van der Waals surface area contributed by atoms with E-state index in [1.807, 2.05) is 0 Å². The molecule has 0 aliphatic carbocycles. The lowest BCUT2D eigenvalue weighted by Crippen LogP contribution is -2.41. The summed E-state index contributed by atoms with van der Waals surface area (Å²) >= 11 is 0. The molecule has 0 saturated heterocycles. The molecule has 1 N–H and O–H groups in total. The van der Waals surface area contributed by atoms with Crippen LogP contribution in [0.2, 0.25) is 0 Å². The van der Waals surface area contributed by atoms with Crippen LogP contribution in [0.15, 0.2) is 0 Å². The summed E-state index contributed by atoms with van der Waals surface area (Å²) in [7, 11) is 4.91. The zero-order chi connectivity index (χ0) is 27.8. The predicted molar refractivity (Wildman–Crippen MR) is 173 cm³/mol. The molecule has 38 heavy (non-hydrogen) atoms. The van der Waals surface area contributed by atoms with E-state index in [0.29, 0.717) is 6.61 Å². The molecule has 0 rings (SSSR count). The fourth-order valence-corrected chi connectivity index (χ4v) is 5.97. The van der Waals surface area contributed by atoms with E-state index in [-0.39, 0.29) is 0 Å². The van der Waals surface area contributed by atoms with Gasteiger partial charge in [-0.05, 0) is 32.1 Å². The molecule has 0 heterocycles. The second kappa shape index (κ2) is 31.4. The molecule has 0 atom stereocenters. The van der Waals surface area contributed by atoms with Gasteiger partial charge in [0, 0.05) is 6.61 Å². The minimum Gasteiger partial charge on any atom is -0.396 e. The molecule has 0 aliphatic heterocycles. The highest BCUT2D eigenvalue weighted by Crippen LogP contribution is 2.16. The molecule has 0 saturated carbocycles. The Bertz CT molecular complexity index is 422. The molecule has 0 aromatic heterocycles. The van der Waals surface area contributed by atoms with Crippen molar-refractivity contribution in [1.29, 1.82) is 0 Å². The standard InChI is InChI=1S/C36H76NO/c1-4-5-6-7-8-9-10-11-12-13-16-19-22-25-28-31-34-37(2,3)35-32-29-26-23-20-17-14-15-18-21-24-27-30-33-36-38/h38H,4-36H2,1-3H3/q+1. The van der Waals surface area contributed by atoms with Crippen molar-refractivity contribution >= 4 is 0 Å². The molecule has 2 nitrogen and oxygen atoms in total. The zero-order valence-corrected chi connectivity index (χ0v) is 27.2. The first-order valence-corrected chi connectivity index (χ1v) is 18.1. The normalized spacial score (nSPS) is 12.0. The summed E-state index contributed by atoms with van der Waals surface area (Å²) in [5.41, 5.74) is 0. The first-order chi connectivity index (χ1) is 18.6. The number of unbranched alkanes of at least 4 members (excludes halogenated alkanes) is 28. The van der Waals surface area contributed by atoms with Gasteiger partial charge in [0.25, 0.3) is 0 Å². The molecule has 0 amide bonds. The van der Waals surface area contributed by atoms with E-state index in [0.717, 1.165) is 6.42 Å². The number of nitrogens with zero attached hydrogens (tertiary/aromatic N) is 1. The van der Waals surface area contributed by atoms with Crippen LogP contribution in [0.4, 0.5) is 0 Å². The minimum atomic E-state index is 0.372. The Morgan fingerprint density at radius 2 is 0.526 bits per heavy atom. The Balaban J connectivity index is 3.27. The molecule has 0 radical (unpaired) electrons. The summed E-state index contributed by atoms with van der Waals surface area (Å²) < 4.78 is 1.23. The third kappa shape index (κ3) is 32.1. The highest BCUT2D eigenvalue weighted by Gasteiger charge is 2.13. The molecular weight excluding hydrogens is 462 g/mol. The summed E-state index contributed by atoms with van der Waals surface area (Å²) in [5, 5.41) is 8.80. The van der Waals surface area contributed by atoms with Crippen molar-refractivity contribution in [1.82, 2.24) is 0 Å². The fourth-order valence-electron chi connectivity index (χ4n) is 5.97. The Morgan fingerprint density at radius 3 is 0.763 bits per heavy atom. The van der Waals surface area contributed by atoms with Crippen molar-refractivity contribution in [2.24, 2.45) is 0 Å². The van der Waals surface area contributed by atoms with E-state index in [4.69, 9.17) is 5.11 Å². The van der Waals surface area contributed by atoms with Crippen LogP contribution in [0.5, 0.6) is 0 Å². The van der Waals surface area contributed by atoms with Gasteiger partial charge < -0.3 is 9.59 Å². The molecule has 0 aromatic rings. The van der Waals surface area contributed by atoms with Crippen LogP contribution in [-0.2, 0) is 0 Å². The molecular formula is C36H76NO+. The van der Waals surface area contributed by atoms with Crippen molar-refractivity contribution in [2.75, 3.05) is 33.8 Å². The molecule has 0 aliphatic rings. The second-order valence-corrected chi connectivity index (χ2v) is 13.4. The second-order valence-electron chi connectivity index (χ2n) is 13.4. The van der Waals surface area contributed by atoms with Gasteiger partial charge in [-0.25, -0.2) is 0 Å². The van der Waals surface area contributed by atoms with Crippen molar-refractivity contribution < 1.29 is 9.59 Å². The molecule has 0 aromatic carbocycles. The maximum Gasteiger partial charge on any atom is 0.0782 e. The van der Waals surface area contributed by atoms with E-state index < -0.39 is 0 Å². The van der Waals surface area contributed by atoms with Gasteiger partial charge in [0.2, 0.25) is 0 Å². The number of rotatable bonds is 33. The van der Waals surface area contributed by atoms with Crippen LogP contribution in [0.1, 0.15) is 200 Å². The van der Waals surface area contributed by atoms with Crippen LogP contribution in [0.25, 0.3) is 0 Å². The first kappa shape index (κ1) is 37.9. The van der Waals surface area contributed by atoms with E-state index in [1.165, 1.54) is 204 Å². The van der Waals surface area contributed by atoms with Crippen LogP contribution >= 0.6 is 0 Å². The molecule has 0 fully saturated rings. The maximum absolute atomic E-state index is 8.80. The van der Waals surface area contributed by atoms with Gasteiger partial charge in [-0.1, -0.05) is 167 Å². The highest BCUT2D eigenvalue weighted by atomic mass is 16.2. The van der Waals surface area contributed by atoms with Gasteiger partial charge in [-0.3, -0.25) is 0 Å². The van der Waals surface area contributed by atoms with E-state index in [1.54, 1.807) is 0 Å². The largest absolute Gasteiger partial charge is 0.396 e. The summed E-state index contributed by atoms with van der Waals surface area (Å²) in [5.74, 6) is 0. The molecule has 2 heteroatoms. The third-order valence-corrected chi connectivity index (χ3v) is 8.79. The van der Waals surface area contributed by atoms with Gasteiger partial charge in [-0.15, -0.1) is 0 Å². The fraction of sp³-hybridized carbons (Fsp3) is 1.00. The zero-order valence-electron chi connectivity index (χ0n) is 27.2. The monoisotopic (exact) mass is 539 g/mol. The Morgan fingerprint density at radius 1 is 0.316 bits per heavy atom. The van der Waals surface area contributed by atoms with Crippen molar-refractivity contribution in [3.63, 3.8) is 0 Å². The van der Waals surface area contributed by atoms with Gasteiger partial charge in [0.05, 0.1) is 27.2 Å². The topological polar surface area (TPSA) is 20.2 Å². The van der Waals surface area contributed by atoms with Crippen LogP contribution in [0, 0.1) is 0 Å². The lowest BCUT2D eigenvalue weighted by Gasteiger charge is -2.30. The Labute approximate surface area is 242 Å². The number of hydrogen-bond donors (Lipinski definition) is 1. The van der Waals surface area contributed by atoms with Crippen LogP contribution < -0.4 is 0 Å². The highest BCUT2D eigenvalue weighted by molar-refractivity contribution is 4.52. The third-order valence-electron chi connectivity index (χ3n) is 8.79. The number of hydrogen-bond acceptors (Lipinski definition) is 1. The van der Waals surface area contributed by atoms with Gasteiger partial charge in [0.15, 0.2) is 0 Å². The average Bonchev–Trinajstić information content (AvgIpc) is 2.90. The van der Waals surface area contributed by atoms with E-state index in [2.05, 4.69) is 21.0 Å². The lowest BCUT2D eigenvalue weighted by atomic mass is 10.0. The molecule has 0 spiro atoms. The molecule has 0 bridgehead atoms. The van der Waals surface area contributed by atoms with Crippen molar-refractivity contribution in [3.8, 4) is 0 Å². The van der Waals surface area contributed by atoms with Gasteiger partial charge >= 0.3 is 0 Å². The Hall–Kier alpha value is -0.0800. The minimum absolute atomic E-state index is 0.372.